The Morgan fingerprint density at radius 3 is 2.26 bits per heavy atom. The highest BCUT2D eigenvalue weighted by atomic mass is 35.5. The summed E-state index contributed by atoms with van der Waals surface area (Å²) in [6, 6.07) is 9.09. The number of carbonyl (C=O) groups excluding carboxylic acids is 2. The fourth-order valence-corrected chi connectivity index (χ4v) is 4.62. The molecule has 2 amide bonds. The first-order chi connectivity index (χ1) is 16.4. The summed E-state index contributed by atoms with van der Waals surface area (Å²) in [6.07, 6.45) is 1.86. The van der Waals surface area contributed by atoms with Gasteiger partial charge in [-0.2, -0.15) is 0 Å². The average molecular weight is 546 g/mol. The van der Waals surface area contributed by atoms with Crippen LogP contribution in [0.25, 0.3) is 0 Å². The number of nitrogens with zero attached hydrogens (tertiary/aromatic N) is 2. The van der Waals surface area contributed by atoms with Crippen molar-refractivity contribution in [2.75, 3.05) is 17.1 Å². The molecular weight excluding hydrogens is 516 g/mol. The normalized spacial score (nSPS) is 13.1. The van der Waals surface area contributed by atoms with E-state index in [1.165, 1.54) is 23.1 Å². The van der Waals surface area contributed by atoms with Gasteiger partial charge in [0.1, 0.15) is 18.4 Å². The van der Waals surface area contributed by atoms with Gasteiger partial charge in [-0.25, -0.2) is 12.8 Å². The van der Waals surface area contributed by atoms with Gasteiger partial charge >= 0.3 is 0 Å². The van der Waals surface area contributed by atoms with Crippen LogP contribution in [0, 0.1) is 5.82 Å². The van der Waals surface area contributed by atoms with Crippen LogP contribution in [0.5, 0.6) is 0 Å². The maximum absolute atomic E-state index is 14.5. The fourth-order valence-electron chi connectivity index (χ4n) is 3.44. The number of rotatable bonds is 11. The number of para-hydroxylation sites is 1. The van der Waals surface area contributed by atoms with Crippen molar-refractivity contribution in [2.45, 2.75) is 52.2 Å². The van der Waals surface area contributed by atoms with E-state index < -0.39 is 34.3 Å². The number of hydrogen-bond donors (Lipinski definition) is 1. The maximum Gasteiger partial charge on any atom is 0.244 e. The number of halogens is 3. The minimum Gasteiger partial charge on any atom is -0.352 e. The van der Waals surface area contributed by atoms with Crippen LogP contribution in [0.4, 0.5) is 10.1 Å². The maximum atomic E-state index is 14.5. The highest BCUT2D eigenvalue weighted by molar-refractivity contribution is 7.92. The number of hydrogen-bond acceptors (Lipinski definition) is 4. The Bertz CT molecular complexity index is 1160. The summed E-state index contributed by atoms with van der Waals surface area (Å²) >= 11 is 12.1. The Labute approximate surface area is 216 Å². The highest BCUT2D eigenvalue weighted by Gasteiger charge is 2.32. The van der Waals surface area contributed by atoms with Crippen molar-refractivity contribution in [3.05, 3.63) is 63.9 Å². The number of amides is 2. The average Bonchev–Trinajstić information content (AvgIpc) is 2.79. The second-order valence-corrected chi connectivity index (χ2v) is 11.0. The van der Waals surface area contributed by atoms with Gasteiger partial charge in [0.05, 0.1) is 22.0 Å². The van der Waals surface area contributed by atoms with Crippen molar-refractivity contribution in [1.29, 1.82) is 0 Å². The quantitative estimate of drug-likeness (QED) is 0.446. The van der Waals surface area contributed by atoms with E-state index in [1.807, 2.05) is 13.8 Å². The van der Waals surface area contributed by atoms with E-state index in [0.29, 0.717) is 21.3 Å². The molecule has 0 aromatic heterocycles. The summed E-state index contributed by atoms with van der Waals surface area (Å²) in [7, 11) is -4.02. The molecule has 192 valence electrons. The number of benzene rings is 2. The van der Waals surface area contributed by atoms with Gasteiger partial charge < -0.3 is 10.2 Å². The summed E-state index contributed by atoms with van der Waals surface area (Å²) in [6.45, 7) is 4.80. The van der Waals surface area contributed by atoms with E-state index in [9.17, 15) is 22.4 Å². The van der Waals surface area contributed by atoms with Crippen molar-refractivity contribution >= 4 is 50.7 Å². The zero-order valence-corrected chi connectivity index (χ0v) is 22.4. The van der Waals surface area contributed by atoms with Crippen molar-refractivity contribution in [2.24, 2.45) is 0 Å². The van der Waals surface area contributed by atoms with Gasteiger partial charge in [-0.15, -0.1) is 0 Å². The number of nitrogens with one attached hydrogen (secondary N) is 1. The Hall–Kier alpha value is -2.36. The van der Waals surface area contributed by atoms with Crippen molar-refractivity contribution in [1.82, 2.24) is 10.2 Å². The van der Waals surface area contributed by atoms with Crippen LogP contribution in [0.3, 0.4) is 0 Å². The number of sulfonamides is 1. The largest absolute Gasteiger partial charge is 0.352 e. The second kappa shape index (κ2) is 12.6. The lowest BCUT2D eigenvalue weighted by Gasteiger charge is -2.33. The van der Waals surface area contributed by atoms with Gasteiger partial charge in [0.2, 0.25) is 21.8 Å². The summed E-state index contributed by atoms with van der Waals surface area (Å²) in [4.78, 5) is 27.9. The van der Waals surface area contributed by atoms with Crippen molar-refractivity contribution < 1.29 is 22.4 Å². The van der Waals surface area contributed by atoms with Gasteiger partial charge in [-0.05, 0) is 49.6 Å². The molecule has 0 heterocycles. The lowest BCUT2D eigenvalue weighted by atomic mass is 10.1. The van der Waals surface area contributed by atoms with Gasteiger partial charge in [0.25, 0.3) is 0 Å². The molecule has 0 aliphatic rings. The standard InChI is InChI=1S/C24H30Cl2FN3O4S/c1-5-16(3)28-24(32)21(6-2)29(14-17-11-12-18(25)19(26)13-17)23(31)15-30(35(4,33)34)22-10-8-7-9-20(22)27/h7-13,16,21H,5-6,14-15H2,1-4H3,(H,28,32)/t16-,21+/m0/s1. The Balaban J connectivity index is 2.48. The molecular formula is C24H30Cl2FN3O4S. The van der Waals surface area contributed by atoms with Crippen molar-refractivity contribution in [3.8, 4) is 0 Å². The molecule has 0 spiro atoms. The molecule has 2 aromatic rings. The van der Waals surface area contributed by atoms with Crippen LogP contribution in [0.2, 0.25) is 10.0 Å². The summed E-state index contributed by atoms with van der Waals surface area (Å²) < 4.78 is 40.2. The van der Waals surface area contributed by atoms with Gasteiger partial charge in [-0.1, -0.05) is 55.2 Å². The predicted octanol–water partition coefficient (Wildman–Crippen LogP) is 4.62. The Morgan fingerprint density at radius 2 is 1.71 bits per heavy atom. The fraction of sp³-hybridized carbons (Fsp3) is 0.417. The van der Waals surface area contributed by atoms with Gasteiger partial charge in [0.15, 0.2) is 0 Å². The molecule has 0 radical (unpaired) electrons. The molecule has 0 saturated heterocycles. The zero-order chi connectivity index (χ0) is 26.3. The lowest BCUT2D eigenvalue weighted by Crippen LogP contribution is -2.53. The van der Waals surface area contributed by atoms with Crippen molar-refractivity contribution in [3.63, 3.8) is 0 Å². The van der Waals surface area contributed by atoms with E-state index in [1.54, 1.807) is 25.1 Å². The third-order valence-corrected chi connectivity index (χ3v) is 7.39. The van der Waals surface area contributed by atoms with E-state index in [-0.39, 0.29) is 35.6 Å². The molecule has 0 bridgehead atoms. The van der Waals surface area contributed by atoms with Crippen LogP contribution in [-0.2, 0) is 26.2 Å². The molecule has 2 aromatic carbocycles. The first kappa shape index (κ1) is 28.9. The lowest BCUT2D eigenvalue weighted by molar-refractivity contribution is -0.140. The molecule has 2 rings (SSSR count). The van der Waals surface area contributed by atoms with Crippen LogP contribution in [-0.4, -0.2) is 50.0 Å². The van der Waals surface area contributed by atoms with E-state index in [2.05, 4.69) is 5.32 Å². The van der Waals surface area contributed by atoms with Gasteiger partial charge in [-0.3, -0.25) is 13.9 Å². The minimum atomic E-state index is -4.02. The molecule has 0 aliphatic heterocycles. The second-order valence-electron chi connectivity index (χ2n) is 8.23. The van der Waals surface area contributed by atoms with Crippen LogP contribution < -0.4 is 9.62 Å². The summed E-state index contributed by atoms with van der Waals surface area (Å²) in [5.41, 5.74) is 0.342. The molecule has 0 fully saturated rings. The molecule has 0 unspecified atom stereocenters. The molecule has 0 aliphatic carbocycles. The molecule has 2 atom stereocenters. The molecule has 11 heteroatoms. The highest BCUT2D eigenvalue weighted by Crippen LogP contribution is 2.25. The third-order valence-electron chi connectivity index (χ3n) is 5.52. The van der Waals surface area contributed by atoms with Crippen LogP contribution >= 0.6 is 23.2 Å². The third kappa shape index (κ3) is 7.81. The van der Waals surface area contributed by atoms with E-state index in [0.717, 1.165) is 12.3 Å². The zero-order valence-electron chi connectivity index (χ0n) is 20.1. The molecule has 1 N–H and O–H groups in total. The first-order valence-electron chi connectivity index (χ1n) is 11.1. The van der Waals surface area contributed by atoms with E-state index in [4.69, 9.17) is 23.2 Å². The SMILES string of the molecule is CC[C@H](C(=O)N[C@@H](C)CC)N(Cc1ccc(Cl)c(Cl)c1)C(=O)CN(c1ccccc1F)S(C)(=O)=O. The monoisotopic (exact) mass is 545 g/mol. The first-order valence-corrected chi connectivity index (χ1v) is 13.7. The molecule has 7 nitrogen and oxygen atoms in total. The molecule has 35 heavy (non-hydrogen) atoms. The Morgan fingerprint density at radius 1 is 1.06 bits per heavy atom. The topological polar surface area (TPSA) is 86.8 Å². The van der Waals surface area contributed by atoms with E-state index >= 15 is 0 Å². The minimum absolute atomic E-state index is 0.0307. The van der Waals surface area contributed by atoms with Crippen LogP contribution in [0.15, 0.2) is 42.5 Å². The smallest absolute Gasteiger partial charge is 0.244 e. The predicted molar refractivity (Wildman–Crippen MR) is 138 cm³/mol. The number of anilines is 1. The number of carbonyl (C=O) groups is 2. The summed E-state index contributed by atoms with van der Waals surface area (Å²) in [5, 5.41) is 3.48. The van der Waals surface area contributed by atoms with Gasteiger partial charge in [0, 0.05) is 12.6 Å². The Kier molecular flexibility index (Phi) is 10.4. The molecule has 0 saturated carbocycles. The summed E-state index contributed by atoms with van der Waals surface area (Å²) in [5.74, 6) is -1.83. The van der Waals surface area contributed by atoms with Crippen LogP contribution in [0.1, 0.15) is 39.2 Å².